The molecule has 0 aliphatic heterocycles. The Hall–Kier alpha value is -2.88. The van der Waals surface area contributed by atoms with Crippen LogP contribution >= 0.6 is 0 Å². The maximum Gasteiger partial charge on any atom is 0.155 e. The highest BCUT2D eigenvalue weighted by atomic mass is 16.5. The Balaban J connectivity index is 1.79. The van der Waals surface area contributed by atoms with Gasteiger partial charge in [0.25, 0.3) is 0 Å². The fraction of sp³-hybridized carbons (Fsp3) is 0.0588. The van der Waals surface area contributed by atoms with Gasteiger partial charge < -0.3 is 9.26 Å². The van der Waals surface area contributed by atoms with Gasteiger partial charge >= 0.3 is 0 Å². The second-order valence-corrected chi connectivity index (χ2v) is 4.54. The Bertz CT molecular complexity index is 735. The lowest BCUT2D eigenvalue weighted by Crippen LogP contribution is -1.95. The number of carbonyl (C=O) groups excluding carboxylic acids is 1. The van der Waals surface area contributed by atoms with Gasteiger partial charge in [0.2, 0.25) is 0 Å². The molecule has 0 fully saturated rings. The van der Waals surface area contributed by atoms with Crippen molar-refractivity contribution in [2.45, 2.75) is 6.61 Å². The van der Waals surface area contributed by atoms with Gasteiger partial charge in [-0.25, -0.2) is 0 Å². The summed E-state index contributed by atoms with van der Waals surface area (Å²) in [5.41, 5.74) is 2.83. The first kappa shape index (κ1) is 13.1. The van der Waals surface area contributed by atoms with Crippen molar-refractivity contribution in [1.82, 2.24) is 5.16 Å². The molecule has 4 heteroatoms. The lowest BCUT2D eigenvalue weighted by molar-refractivity contribution is 0.112. The van der Waals surface area contributed by atoms with Crippen LogP contribution in [0.4, 0.5) is 0 Å². The van der Waals surface area contributed by atoms with Gasteiger partial charge in [0.05, 0.1) is 5.56 Å². The summed E-state index contributed by atoms with van der Waals surface area (Å²) >= 11 is 0. The van der Waals surface area contributed by atoms with Crippen LogP contribution in [0.3, 0.4) is 0 Å². The molecular weight excluding hydrogens is 266 g/mol. The normalized spacial score (nSPS) is 10.3. The van der Waals surface area contributed by atoms with Crippen molar-refractivity contribution < 1.29 is 14.1 Å². The van der Waals surface area contributed by atoms with E-state index < -0.39 is 0 Å². The lowest BCUT2D eigenvalue weighted by atomic mass is 10.1. The van der Waals surface area contributed by atoms with Crippen LogP contribution in [0.2, 0.25) is 0 Å². The van der Waals surface area contributed by atoms with Crippen molar-refractivity contribution in [1.29, 1.82) is 0 Å². The van der Waals surface area contributed by atoms with Gasteiger partial charge in [-0.15, -0.1) is 0 Å². The molecule has 0 aliphatic carbocycles. The standard InChI is InChI=1S/C17H13NO3/c19-10-15-12-21-18-17(15)14-7-4-8-16(9-14)20-11-13-5-2-1-3-6-13/h1-10,12H,11H2. The minimum Gasteiger partial charge on any atom is -0.489 e. The molecule has 0 N–H and O–H groups in total. The van der Waals surface area contributed by atoms with E-state index in [1.165, 1.54) is 6.26 Å². The van der Waals surface area contributed by atoms with E-state index in [0.29, 0.717) is 17.9 Å². The average molecular weight is 279 g/mol. The first-order valence-electron chi connectivity index (χ1n) is 6.53. The predicted octanol–water partition coefficient (Wildman–Crippen LogP) is 3.73. The highest BCUT2D eigenvalue weighted by molar-refractivity contribution is 5.85. The third-order valence-corrected chi connectivity index (χ3v) is 3.08. The zero-order valence-electron chi connectivity index (χ0n) is 11.2. The Morgan fingerprint density at radius 3 is 2.76 bits per heavy atom. The number of nitrogens with zero attached hydrogens (tertiary/aromatic N) is 1. The van der Waals surface area contributed by atoms with Crippen molar-refractivity contribution in [2.75, 3.05) is 0 Å². The van der Waals surface area contributed by atoms with E-state index in [4.69, 9.17) is 9.26 Å². The number of hydrogen-bond donors (Lipinski definition) is 0. The lowest BCUT2D eigenvalue weighted by Gasteiger charge is -2.07. The van der Waals surface area contributed by atoms with Crippen molar-refractivity contribution in [3.63, 3.8) is 0 Å². The van der Waals surface area contributed by atoms with Crippen LogP contribution < -0.4 is 4.74 Å². The van der Waals surface area contributed by atoms with E-state index in [1.807, 2.05) is 54.6 Å². The van der Waals surface area contributed by atoms with Crippen molar-refractivity contribution >= 4 is 6.29 Å². The molecule has 0 amide bonds. The smallest absolute Gasteiger partial charge is 0.155 e. The molecule has 1 aromatic heterocycles. The minimum atomic E-state index is 0.426. The van der Waals surface area contributed by atoms with Gasteiger partial charge in [0, 0.05) is 5.56 Å². The highest BCUT2D eigenvalue weighted by Crippen LogP contribution is 2.25. The van der Waals surface area contributed by atoms with Crippen LogP contribution in [0.5, 0.6) is 5.75 Å². The summed E-state index contributed by atoms with van der Waals surface area (Å²) in [6.07, 6.45) is 2.06. The average Bonchev–Trinajstić information content (AvgIpc) is 3.03. The number of carbonyl (C=O) groups is 1. The van der Waals surface area contributed by atoms with Crippen LogP contribution in [-0.2, 0) is 6.61 Å². The molecule has 0 spiro atoms. The van der Waals surface area contributed by atoms with E-state index in [0.717, 1.165) is 23.2 Å². The molecular formula is C17H13NO3. The Labute approximate surface area is 122 Å². The number of ether oxygens (including phenoxy) is 1. The minimum absolute atomic E-state index is 0.426. The molecule has 0 saturated heterocycles. The monoisotopic (exact) mass is 279 g/mol. The molecule has 0 radical (unpaired) electrons. The van der Waals surface area contributed by atoms with Crippen LogP contribution in [0, 0.1) is 0 Å². The maximum absolute atomic E-state index is 10.9. The van der Waals surface area contributed by atoms with Gasteiger partial charge in [0.15, 0.2) is 6.29 Å². The second-order valence-electron chi connectivity index (χ2n) is 4.54. The van der Waals surface area contributed by atoms with Gasteiger partial charge in [-0.05, 0) is 17.7 Å². The highest BCUT2D eigenvalue weighted by Gasteiger charge is 2.10. The molecule has 0 atom stereocenters. The number of rotatable bonds is 5. The molecule has 104 valence electrons. The third-order valence-electron chi connectivity index (χ3n) is 3.08. The van der Waals surface area contributed by atoms with Gasteiger partial charge in [0.1, 0.15) is 24.3 Å². The summed E-state index contributed by atoms with van der Waals surface area (Å²) in [7, 11) is 0. The van der Waals surface area contributed by atoms with Gasteiger partial charge in [-0.1, -0.05) is 47.6 Å². The van der Waals surface area contributed by atoms with E-state index in [9.17, 15) is 4.79 Å². The van der Waals surface area contributed by atoms with Crippen LogP contribution in [0.25, 0.3) is 11.3 Å². The number of aromatic nitrogens is 1. The first-order chi connectivity index (χ1) is 10.4. The van der Waals surface area contributed by atoms with Crippen molar-refractivity contribution in [3.8, 4) is 17.0 Å². The molecule has 21 heavy (non-hydrogen) atoms. The summed E-state index contributed by atoms with van der Waals surface area (Å²) in [4.78, 5) is 10.9. The first-order valence-corrected chi connectivity index (χ1v) is 6.53. The fourth-order valence-corrected chi connectivity index (χ4v) is 2.02. The Morgan fingerprint density at radius 1 is 1.10 bits per heavy atom. The number of benzene rings is 2. The van der Waals surface area contributed by atoms with Crippen LogP contribution in [0.15, 0.2) is 65.4 Å². The van der Waals surface area contributed by atoms with Crippen LogP contribution in [0.1, 0.15) is 15.9 Å². The molecule has 0 aliphatic rings. The summed E-state index contributed by atoms with van der Waals surface area (Å²) in [5.74, 6) is 0.719. The second kappa shape index (κ2) is 6.05. The van der Waals surface area contributed by atoms with Gasteiger partial charge in [-0.2, -0.15) is 0 Å². The number of aldehydes is 1. The molecule has 0 saturated carbocycles. The predicted molar refractivity (Wildman–Crippen MR) is 78.1 cm³/mol. The fourth-order valence-electron chi connectivity index (χ4n) is 2.02. The SMILES string of the molecule is O=Cc1conc1-c1cccc(OCc2ccccc2)c1. The zero-order valence-corrected chi connectivity index (χ0v) is 11.2. The third kappa shape index (κ3) is 3.00. The van der Waals surface area contributed by atoms with Crippen LogP contribution in [-0.4, -0.2) is 11.4 Å². The molecule has 0 bridgehead atoms. The van der Waals surface area contributed by atoms with E-state index in [2.05, 4.69) is 5.16 Å². The molecule has 1 heterocycles. The molecule has 2 aromatic carbocycles. The Morgan fingerprint density at radius 2 is 1.95 bits per heavy atom. The largest absolute Gasteiger partial charge is 0.489 e. The summed E-state index contributed by atoms with van der Waals surface area (Å²) in [6, 6.07) is 17.4. The van der Waals surface area contributed by atoms with Crippen molar-refractivity contribution in [3.05, 3.63) is 72.0 Å². The van der Waals surface area contributed by atoms with E-state index >= 15 is 0 Å². The van der Waals surface area contributed by atoms with E-state index in [1.54, 1.807) is 0 Å². The summed E-state index contributed by atoms with van der Waals surface area (Å²) in [6.45, 7) is 0.490. The molecule has 3 aromatic rings. The molecule has 4 nitrogen and oxygen atoms in total. The van der Waals surface area contributed by atoms with Crippen molar-refractivity contribution in [2.24, 2.45) is 0 Å². The molecule has 3 rings (SSSR count). The van der Waals surface area contributed by atoms with Gasteiger partial charge in [-0.3, -0.25) is 4.79 Å². The summed E-state index contributed by atoms with van der Waals surface area (Å²) < 4.78 is 10.6. The molecule has 0 unspecified atom stereocenters. The van der Waals surface area contributed by atoms with E-state index in [-0.39, 0.29) is 0 Å². The summed E-state index contributed by atoms with van der Waals surface area (Å²) in [5, 5.41) is 3.85. The number of hydrogen-bond acceptors (Lipinski definition) is 4. The topological polar surface area (TPSA) is 52.3 Å². The Kier molecular flexibility index (Phi) is 3.78. The quantitative estimate of drug-likeness (QED) is 0.668. The zero-order chi connectivity index (χ0) is 14.5. The maximum atomic E-state index is 10.9.